The number of likely N-dealkylation sites (tertiary alicyclic amines) is 1. The van der Waals surface area contributed by atoms with Crippen molar-refractivity contribution in [3.05, 3.63) is 0 Å². The molecular formula is C14H25NO2. The first-order valence-electron chi connectivity index (χ1n) is 7.03. The van der Waals surface area contributed by atoms with Crippen LogP contribution >= 0.6 is 0 Å². The van der Waals surface area contributed by atoms with Crippen LogP contribution in [0, 0.1) is 0 Å². The van der Waals surface area contributed by atoms with Crippen molar-refractivity contribution in [2.45, 2.75) is 64.7 Å². The van der Waals surface area contributed by atoms with Gasteiger partial charge in [0.15, 0.2) is 0 Å². The van der Waals surface area contributed by atoms with Crippen LogP contribution in [-0.2, 0) is 9.59 Å². The molecule has 3 nitrogen and oxygen atoms in total. The van der Waals surface area contributed by atoms with Crippen molar-refractivity contribution >= 4 is 11.7 Å². The Kier molecular flexibility index (Phi) is 6.90. The van der Waals surface area contributed by atoms with Crippen LogP contribution in [0.5, 0.6) is 0 Å². The van der Waals surface area contributed by atoms with Gasteiger partial charge in [0.1, 0.15) is 5.78 Å². The van der Waals surface area contributed by atoms with Gasteiger partial charge in [0.05, 0.1) is 6.42 Å². The van der Waals surface area contributed by atoms with Crippen LogP contribution in [0.25, 0.3) is 0 Å². The van der Waals surface area contributed by atoms with E-state index in [-0.39, 0.29) is 18.1 Å². The quantitative estimate of drug-likeness (QED) is 0.506. The second-order valence-electron chi connectivity index (χ2n) is 4.97. The monoisotopic (exact) mass is 239 g/mol. The Morgan fingerprint density at radius 1 is 1.00 bits per heavy atom. The summed E-state index contributed by atoms with van der Waals surface area (Å²) in [4.78, 5) is 25.3. The maximum atomic E-state index is 11.8. The molecule has 0 spiro atoms. The number of carbonyl (C=O) groups is 2. The van der Waals surface area contributed by atoms with Gasteiger partial charge >= 0.3 is 0 Å². The van der Waals surface area contributed by atoms with Crippen molar-refractivity contribution in [1.29, 1.82) is 0 Å². The second kappa shape index (κ2) is 8.26. The van der Waals surface area contributed by atoms with Gasteiger partial charge in [-0.05, 0) is 25.7 Å². The molecule has 1 fully saturated rings. The minimum Gasteiger partial charge on any atom is -0.342 e. The van der Waals surface area contributed by atoms with Crippen LogP contribution in [0.3, 0.4) is 0 Å². The third kappa shape index (κ3) is 5.85. The Morgan fingerprint density at radius 3 is 2.35 bits per heavy atom. The molecule has 0 bridgehead atoms. The second-order valence-corrected chi connectivity index (χ2v) is 4.97. The van der Waals surface area contributed by atoms with E-state index in [2.05, 4.69) is 6.92 Å². The first-order valence-corrected chi connectivity index (χ1v) is 7.03. The topological polar surface area (TPSA) is 37.4 Å². The van der Waals surface area contributed by atoms with Gasteiger partial charge in [0.25, 0.3) is 0 Å². The first-order chi connectivity index (χ1) is 8.24. The molecule has 0 aromatic rings. The molecule has 0 atom stereocenters. The van der Waals surface area contributed by atoms with Gasteiger partial charge in [-0.1, -0.05) is 26.2 Å². The third-order valence-corrected chi connectivity index (χ3v) is 3.37. The number of hydrogen-bond donors (Lipinski definition) is 0. The van der Waals surface area contributed by atoms with E-state index in [1.807, 2.05) is 4.90 Å². The average molecular weight is 239 g/mol. The number of carbonyl (C=O) groups excluding carboxylic acids is 2. The van der Waals surface area contributed by atoms with Crippen LogP contribution in [0.15, 0.2) is 0 Å². The third-order valence-electron chi connectivity index (χ3n) is 3.37. The minimum absolute atomic E-state index is 0.0465. The van der Waals surface area contributed by atoms with Crippen molar-refractivity contribution in [3.63, 3.8) is 0 Å². The smallest absolute Gasteiger partial charge is 0.230 e. The number of piperidine rings is 1. The SMILES string of the molecule is CCCCCCC(=O)CC(=O)N1CCCCC1. The predicted molar refractivity (Wildman–Crippen MR) is 68.8 cm³/mol. The zero-order valence-corrected chi connectivity index (χ0v) is 11.0. The molecule has 0 aromatic carbocycles. The average Bonchev–Trinajstić information content (AvgIpc) is 2.36. The molecule has 1 heterocycles. The van der Waals surface area contributed by atoms with Crippen LogP contribution < -0.4 is 0 Å². The maximum Gasteiger partial charge on any atom is 0.230 e. The summed E-state index contributed by atoms with van der Waals surface area (Å²) in [6.07, 6.45) is 8.54. The Morgan fingerprint density at radius 2 is 1.71 bits per heavy atom. The molecule has 0 radical (unpaired) electrons. The van der Waals surface area contributed by atoms with E-state index in [1.165, 1.54) is 19.3 Å². The van der Waals surface area contributed by atoms with Gasteiger partial charge in [-0.3, -0.25) is 9.59 Å². The molecule has 1 saturated heterocycles. The molecule has 1 rings (SSSR count). The fraction of sp³-hybridized carbons (Fsp3) is 0.857. The van der Waals surface area contributed by atoms with Gasteiger partial charge in [-0.2, -0.15) is 0 Å². The van der Waals surface area contributed by atoms with Crippen LogP contribution in [0.4, 0.5) is 0 Å². The van der Waals surface area contributed by atoms with E-state index in [9.17, 15) is 9.59 Å². The van der Waals surface area contributed by atoms with E-state index in [0.29, 0.717) is 6.42 Å². The highest BCUT2D eigenvalue weighted by Gasteiger charge is 2.18. The lowest BCUT2D eigenvalue weighted by atomic mass is 10.1. The Bertz CT molecular complexity index is 245. The molecule has 0 aromatic heterocycles. The van der Waals surface area contributed by atoms with Gasteiger partial charge < -0.3 is 4.90 Å². The van der Waals surface area contributed by atoms with Crippen molar-refractivity contribution in [2.24, 2.45) is 0 Å². The first kappa shape index (κ1) is 14.2. The van der Waals surface area contributed by atoms with Crippen LogP contribution in [0.1, 0.15) is 64.7 Å². The minimum atomic E-state index is 0.0465. The number of rotatable bonds is 7. The highest BCUT2D eigenvalue weighted by Crippen LogP contribution is 2.11. The van der Waals surface area contributed by atoms with E-state index >= 15 is 0 Å². The van der Waals surface area contributed by atoms with Gasteiger partial charge in [0.2, 0.25) is 5.91 Å². The van der Waals surface area contributed by atoms with Gasteiger partial charge in [-0.25, -0.2) is 0 Å². The summed E-state index contributed by atoms with van der Waals surface area (Å²) in [5.74, 6) is 0.168. The van der Waals surface area contributed by atoms with Crippen LogP contribution in [0.2, 0.25) is 0 Å². The number of Topliss-reactive ketones (excluding diaryl/α,β-unsaturated/α-hetero) is 1. The molecule has 1 amide bonds. The Hall–Kier alpha value is -0.860. The fourth-order valence-corrected chi connectivity index (χ4v) is 2.26. The van der Waals surface area contributed by atoms with Gasteiger partial charge in [-0.15, -0.1) is 0 Å². The number of hydrogen-bond acceptors (Lipinski definition) is 2. The number of nitrogens with zero attached hydrogens (tertiary/aromatic N) is 1. The summed E-state index contributed by atoms with van der Waals surface area (Å²) in [6.45, 7) is 3.85. The van der Waals surface area contributed by atoms with Crippen molar-refractivity contribution in [1.82, 2.24) is 4.90 Å². The lowest BCUT2D eigenvalue weighted by Crippen LogP contribution is -2.36. The van der Waals surface area contributed by atoms with E-state index in [0.717, 1.165) is 38.8 Å². The van der Waals surface area contributed by atoms with Crippen molar-refractivity contribution in [2.75, 3.05) is 13.1 Å². The van der Waals surface area contributed by atoms with E-state index < -0.39 is 0 Å². The lowest BCUT2D eigenvalue weighted by molar-refractivity contribution is -0.136. The highest BCUT2D eigenvalue weighted by molar-refractivity contribution is 5.97. The standard InChI is InChI=1S/C14H25NO2/c1-2-3-4-6-9-13(16)12-14(17)15-10-7-5-8-11-15/h2-12H2,1H3. The molecule has 0 unspecified atom stereocenters. The molecule has 98 valence electrons. The highest BCUT2D eigenvalue weighted by atomic mass is 16.2. The summed E-state index contributed by atoms with van der Waals surface area (Å²) < 4.78 is 0. The summed E-state index contributed by atoms with van der Waals surface area (Å²) in [6, 6.07) is 0. The van der Waals surface area contributed by atoms with Crippen molar-refractivity contribution in [3.8, 4) is 0 Å². The number of ketones is 1. The van der Waals surface area contributed by atoms with Crippen LogP contribution in [-0.4, -0.2) is 29.7 Å². The summed E-state index contributed by atoms with van der Waals surface area (Å²) >= 11 is 0. The Labute approximate surface area is 105 Å². The largest absolute Gasteiger partial charge is 0.342 e. The molecule has 3 heteroatoms. The zero-order chi connectivity index (χ0) is 12.5. The normalized spacial score (nSPS) is 15.9. The molecule has 0 N–H and O–H groups in total. The lowest BCUT2D eigenvalue weighted by Gasteiger charge is -2.26. The summed E-state index contributed by atoms with van der Waals surface area (Å²) in [7, 11) is 0. The summed E-state index contributed by atoms with van der Waals surface area (Å²) in [5.41, 5.74) is 0. The van der Waals surface area contributed by atoms with Crippen molar-refractivity contribution < 1.29 is 9.59 Å². The maximum absolute atomic E-state index is 11.8. The number of amides is 1. The van der Waals surface area contributed by atoms with Gasteiger partial charge in [0, 0.05) is 19.5 Å². The number of unbranched alkanes of at least 4 members (excludes halogenated alkanes) is 3. The molecular weight excluding hydrogens is 214 g/mol. The van der Waals surface area contributed by atoms with E-state index in [1.54, 1.807) is 0 Å². The zero-order valence-electron chi connectivity index (χ0n) is 11.0. The fourth-order valence-electron chi connectivity index (χ4n) is 2.26. The molecule has 0 saturated carbocycles. The predicted octanol–water partition coefficient (Wildman–Crippen LogP) is 2.93. The van der Waals surface area contributed by atoms with E-state index in [4.69, 9.17) is 0 Å². The summed E-state index contributed by atoms with van der Waals surface area (Å²) in [5, 5.41) is 0. The Balaban J connectivity index is 2.14. The molecule has 1 aliphatic heterocycles. The molecule has 0 aliphatic carbocycles. The molecule has 17 heavy (non-hydrogen) atoms. The molecule has 1 aliphatic rings.